The van der Waals surface area contributed by atoms with E-state index in [1.807, 2.05) is 7.05 Å². The van der Waals surface area contributed by atoms with Crippen molar-refractivity contribution in [3.05, 3.63) is 5.32 Å². The molecule has 3 unspecified atom stereocenters. The Morgan fingerprint density at radius 2 is 1.36 bits per heavy atom. The van der Waals surface area contributed by atoms with E-state index in [1.165, 1.54) is 51.9 Å². The third kappa shape index (κ3) is 8.65. The maximum Gasteiger partial charge on any atom is 1.00 e. The van der Waals surface area contributed by atoms with E-state index in [2.05, 4.69) is 68.6 Å². The number of hydrogen-bond donors (Lipinski definition) is 0. The molecule has 0 bridgehead atoms. The number of likely N-dealkylation sites (tertiary alicyclic amines) is 3. The van der Waals surface area contributed by atoms with Crippen LogP contribution in [0.25, 0.3) is 5.32 Å². The summed E-state index contributed by atoms with van der Waals surface area (Å²) in [6, 6.07) is 1.42. The first-order valence-electron chi connectivity index (χ1n) is 10.8. The Morgan fingerprint density at radius 3 is 1.86 bits per heavy atom. The molecule has 0 saturated carbocycles. The summed E-state index contributed by atoms with van der Waals surface area (Å²) in [5, 5.41) is 4.37. The van der Waals surface area contributed by atoms with E-state index in [0.717, 1.165) is 18.5 Å². The predicted octanol–water partition coefficient (Wildman–Crippen LogP) is 1.70. The van der Waals surface area contributed by atoms with Gasteiger partial charge in [-0.25, -0.2) is 0 Å². The number of likely N-dealkylation sites (N-methyl/N-ethyl adjacent to an activating group) is 2. The zero-order valence-corrected chi connectivity index (χ0v) is 24.8. The van der Waals surface area contributed by atoms with Gasteiger partial charge in [0.05, 0.1) is 0 Å². The van der Waals surface area contributed by atoms with Crippen LogP contribution in [0.4, 0.5) is 0 Å². The van der Waals surface area contributed by atoms with Crippen molar-refractivity contribution in [2.45, 2.75) is 97.8 Å². The van der Waals surface area contributed by atoms with Gasteiger partial charge in [0.2, 0.25) is 0 Å². The zero-order valence-electron chi connectivity index (χ0n) is 19.9. The molecular weight excluding hydrogens is 418 g/mol. The Balaban J connectivity index is 0.000000492. The van der Waals surface area contributed by atoms with E-state index in [4.69, 9.17) is 0 Å². The van der Waals surface area contributed by atoms with Gasteiger partial charge in [0, 0.05) is 30.2 Å². The molecule has 0 aromatic heterocycles. The summed E-state index contributed by atoms with van der Waals surface area (Å²) < 4.78 is 0. The average Bonchev–Trinajstić information content (AvgIpc) is 3.01. The molecule has 0 spiro atoms. The van der Waals surface area contributed by atoms with E-state index < -0.39 is 0 Å². The molecule has 5 heteroatoms. The number of rotatable bonds is 1. The van der Waals surface area contributed by atoms with Crippen molar-refractivity contribution in [1.29, 1.82) is 0 Å². The topological polar surface area (TPSA) is 23.8 Å². The molecule has 3 atom stereocenters. The van der Waals surface area contributed by atoms with Crippen LogP contribution in [-0.4, -0.2) is 84.7 Å². The normalized spacial score (nSPS) is 29.8. The zero-order chi connectivity index (χ0) is 19.5. The Kier molecular flexibility index (Phi) is 13.4. The van der Waals surface area contributed by atoms with E-state index in [1.54, 1.807) is 0 Å². The van der Waals surface area contributed by atoms with Gasteiger partial charge in [0.25, 0.3) is 0 Å². The summed E-state index contributed by atoms with van der Waals surface area (Å²) in [6.07, 6.45) is 5.43. The van der Waals surface area contributed by atoms with Crippen molar-refractivity contribution < 1.29 is 58.2 Å². The molecule has 3 aliphatic heterocycles. The van der Waals surface area contributed by atoms with E-state index in [0.29, 0.717) is 17.1 Å². The largest absolute Gasteiger partial charge is 1.00 e. The molecule has 3 fully saturated rings. The van der Waals surface area contributed by atoms with Crippen LogP contribution in [0.1, 0.15) is 74.7 Å². The fourth-order valence-corrected chi connectivity index (χ4v) is 4.73. The van der Waals surface area contributed by atoms with Gasteiger partial charge >= 0.3 is 58.2 Å². The summed E-state index contributed by atoms with van der Waals surface area (Å²) in [5.41, 5.74) is 0.682. The first kappa shape index (κ1) is 29.6. The van der Waals surface area contributed by atoms with Gasteiger partial charge in [-0.15, -0.1) is 6.04 Å². The molecule has 4 nitrogen and oxygen atoms in total. The predicted molar refractivity (Wildman–Crippen MR) is 121 cm³/mol. The van der Waals surface area contributed by atoms with Crippen molar-refractivity contribution in [3.8, 4) is 0 Å². The minimum atomic E-state index is 0. The van der Waals surface area contributed by atoms with Gasteiger partial charge in [-0.3, -0.25) is 9.80 Å². The van der Waals surface area contributed by atoms with Gasteiger partial charge in [-0.1, -0.05) is 13.8 Å². The van der Waals surface area contributed by atoms with Crippen molar-refractivity contribution in [3.63, 3.8) is 0 Å². The molecular formula is C23H49N4Rb. The van der Waals surface area contributed by atoms with Crippen LogP contribution in [0.5, 0.6) is 0 Å². The van der Waals surface area contributed by atoms with Gasteiger partial charge in [-0.2, -0.15) is 7.05 Å². The first-order chi connectivity index (χ1) is 12.0. The van der Waals surface area contributed by atoms with E-state index >= 15 is 0 Å². The van der Waals surface area contributed by atoms with Crippen LogP contribution >= 0.6 is 0 Å². The molecule has 0 aromatic rings. The monoisotopic (exact) mass is 466 g/mol. The SMILES string of the molecule is C.CN1CCCC2CN(C(C)(C)C)CC21.C[N-]C1CCCN(C(C)(C)C)C1.[Rb+]. The van der Waals surface area contributed by atoms with Gasteiger partial charge < -0.3 is 10.2 Å². The van der Waals surface area contributed by atoms with Crippen LogP contribution < -0.4 is 58.2 Å². The van der Waals surface area contributed by atoms with E-state index in [-0.39, 0.29) is 65.6 Å². The fourth-order valence-electron chi connectivity index (χ4n) is 4.73. The minimum Gasteiger partial charge on any atom is -0.661 e. The Morgan fingerprint density at radius 1 is 0.786 bits per heavy atom. The third-order valence-electron chi connectivity index (χ3n) is 6.72. The average molecular weight is 467 g/mol. The Hall–Kier alpha value is 1.65. The number of hydrogen-bond acceptors (Lipinski definition) is 3. The number of piperidine rings is 2. The summed E-state index contributed by atoms with van der Waals surface area (Å²) in [6.45, 7) is 20.2. The van der Waals surface area contributed by atoms with Crippen LogP contribution in [0.15, 0.2) is 0 Å². The molecule has 0 aromatic carbocycles. The molecule has 0 N–H and O–H groups in total. The van der Waals surface area contributed by atoms with Crippen molar-refractivity contribution >= 4 is 0 Å². The molecule has 3 heterocycles. The fraction of sp³-hybridized carbons (Fsp3) is 1.00. The van der Waals surface area contributed by atoms with Crippen molar-refractivity contribution in [2.24, 2.45) is 5.92 Å². The quantitative estimate of drug-likeness (QED) is 0.587. The van der Waals surface area contributed by atoms with Crippen LogP contribution in [0.3, 0.4) is 0 Å². The second-order valence-electron chi connectivity index (χ2n) is 10.7. The molecule has 0 radical (unpaired) electrons. The van der Waals surface area contributed by atoms with Crippen LogP contribution in [-0.2, 0) is 0 Å². The molecule has 3 saturated heterocycles. The van der Waals surface area contributed by atoms with Crippen molar-refractivity contribution in [1.82, 2.24) is 14.7 Å². The molecule has 28 heavy (non-hydrogen) atoms. The third-order valence-corrected chi connectivity index (χ3v) is 6.72. The van der Waals surface area contributed by atoms with Crippen LogP contribution in [0.2, 0.25) is 0 Å². The van der Waals surface area contributed by atoms with Gasteiger partial charge in [0.1, 0.15) is 0 Å². The summed E-state index contributed by atoms with van der Waals surface area (Å²) in [5.74, 6) is 0.938. The number of fused-ring (bicyclic) bond motifs is 1. The van der Waals surface area contributed by atoms with Gasteiger partial charge in [0.15, 0.2) is 0 Å². The smallest absolute Gasteiger partial charge is 0.661 e. The van der Waals surface area contributed by atoms with Crippen LogP contribution in [0, 0.1) is 5.92 Å². The van der Waals surface area contributed by atoms with Crippen molar-refractivity contribution in [2.75, 3.05) is 46.8 Å². The Labute approximate surface area is 226 Å². The molecule has 0 amide bonds. The van der Waals surface area contributed by atoms with E-state index in [9.17, 15) is 0 Å². The molecule has 3 rings (SSSR count). The first-order valence-corrected chi connectivity index (χ1v) is 10.8. The van der Waals surface area contributed by atoms with Gasteiger partial charge in [-0.05, 0) is 93.4 Å². The summed E-state index contributed by atoms with van der Waals surface area (Å²) in [7, 11) is 4.24. The summed E-state index contributed by atoms with van der Waals surface area (Å²) >= 11 is 0. The standard InChI is InChI=1S/C12H24N2.C10H21N2.CH4.Rb/c1-12(2,3)14-8-10-6-5-7-13(4)11(10)9-14;1-10(2,3)12-7-5-6-9(8-12)11-4;;/h10-11H,5-9H2,1-4H3;9H,5-8H2,1-4H3;1H4;/q;-1;;+1. The Bertz CT molecular complexity index is 429. The number of nitrogens with zero attached hydrogens (tertiary/aromatic N) is 4. The molecule has 3 aliphatic rings. The molecule has 162 valence electrons. The second kappa shape index (κ2) is 12.6. The minimum absolute atomic E-state index is 0. The molecule has 0 aliphatic carbocycles. The maximum absolute atomic E-state index is 4.37. The summed E-state index contributed by atoms with van der Waals surface area (Å²) in [4.78, 5) is 7.76. The maximum atomic E-state index is 4.37. The second-order valence-corrected chi connectivity index (χ2v) is 10.7.